The number of fused-ring (bicyclic) bond motifs is 3. The summed E-state index contributed by atoms with van der Waals surface area (Å²) in [7, 11) is 2.11. The lowest BCUT2D eigenvalue weighted by molar-refractivity contribution is 0.102. The maximum absolute atomic E-state index is 12.2. The lowest BCUT2D eigenvalue weighted by atomic mass is 9.97. The van der Waals surface area contributed by atoms with Gasteiger partial charge in [-0.1, -0.05) is 6.92 Å². The molecule has 1 aromatic carbocycles. The first kappa shape index (κ1) is 14.8. The third-order valence-corrected chi connectivity index (χ3v) is 4.34. The molecule has 4 rings (SSSR count). The van der Waals surface area contributed by atoms with Gasteiger partial charge in [0.2, 0.25) is 0 Å². The topological polar surface area (TPSA) is 71.3 Å². The summed E-state index contributed by atoms with van der Waals surface area (Å²) in [6.45, 7) is 4.02. The summed E-state index contributed by atoms with van der Waals surface area (Å²) in [6.07, 6.45) is 4.49. The molecule has 0 spiro atoms. The van der Waals surface area contributed by atoms with Gasteiger partial charge in [-0.3, -0.25) is 9.78 Å². The van der Waals surface area contributed by atoms with Gasteiger partial charge in [-0.05, 0) is 25.2 Å². The van der Waals surface area contributed by atoms with Crippen molar-refractivity contribution >= 4 is 22.6 Å². The highest BCUT2D eigenvalue weighted by molar-refractivity contribution is 6.03. The fraction of sp³-hybridized carbons (Fsp3) is 0.278. The molecule has 1 N–H and O–H groups in total. The molecule has 2 aromatic heterocycles. The average molecular weight is 322 g/mol. The third kappa shape index (κ3) is 2.55. The molecule has 6 heteroatoms. The molecule has 1 aliphatic heterocycles. The molecule has 0 bridgehead atoms. The highest BCUT2D eigenvalue weighted by atomic mass is 16.3. The van der Waals surface area contributed by atoms with E-state index in [1.807, 2.05) is 18.2 Å². The van der Waals surface area contributed by atoms with Crippen molar-refractivity contribution in [2.45, 2.75) is 19.4 Å². The number of hydrogen-bond donors (Lipinski definition) is 1. The van der Waals surface area contributed by atoms with Crippen molar-refractivity contribution < 1.29 is 9.21 Å². The predicted molar refractivity (Wildman–Crippen MR) is 90.9 cm³/mol. The van der Waals surface area contributed by atoms with Crippen molar-refractivity contribution in [2.24, 2.45) is 0 Å². The van der Waals surface area contributed by atoms with E-state index in [-0.39, 0.29) is 5.91 Å². The second kappa shape index (κ2) is 5.72. The Morgan fingerprint density at radius 2 is 2.25 bits per heavy atom. The van der Waals surface area contributed by atoms with Crippen molar-refractivity contribution in [1.82, 2.24) is 14.9 Å². The minimum absolute atomic E-state index is 0.273. The van der Waals surface area contributed by atoms with Crippen molar-refractivity contribution in [1.29, 1.82) is 0 Å². The van der Waals surface area contributed by atoms with Gasteiger partial charge in [-0.2, -0.15) is 0 Å². The predicted octanol–water partition coefficient (Wildman–Crippen LogP) is 3.02. The molecule has 0 fully saturated rings. The van der Waals surface area contributed by atoms with Crippen LogP contribution >= 0.6 is 0 Å². The zero-order chi connectivity index (χ0) is 16.7. The lowest BCUT2D eigenvalue weighted by Gasteiger charge is -2.26. The molecular formula is C18H18N4O2. The van der Waals surface area contributed by atoms with Crippen LogP contribution in [0, 0.1) is 0 Å². The fourth-order valence-corrected chi connectivity index (χ4v) is 3.30. The smallest absolute Gasteiger partial charge is 0.275 e. The Kier molecular flexibility index (Phi) is 3.54. The summed E-state index contributed by atoms with van der Waals surface area (Å²) >= 11 is 0. The molecule has 24 heavy (non-hydrogen) atoms. The average Bonchev–Trinajstić information content (AvgIpc) is 2.94. The summed E-state index contributed by atoms with van der Waals surface area (Å²) in [5, 5.41) is 3.93. The third-order valence-electron chi connectivity index (χ3n) is 4.34. The molecule has 1 amide bonds. The van der Waals surface area contributed by atoms with Gasteiger partial charge in [-0.25, -0.2) is 4.98 Å². The van der Waals surface area contributed by atoms with Gasteiger partial charge >= 0.3 is 0 Å². The highest BCUT2D eigenvalue weighted by Gasteiger charge is 2.26. The molecule has 0 radical (unpaired) electrons. The zero-order valence-electron chi connectivity index (χ0n) is 13.6. The van der Waals surface area contributed by atoms with Crippen LogP contribution in [0.5, 0.6) is 0 Å². The Balaban J connectivity index is 1.68. The molecule has 3 aromatic rings. The van der Waals surface area contributed by atoms with Crippen LogP contribution in [0.1, 0.15) is 34.7 Å². The monoisotopic (exact) mass is 322 g/mol. The van der Waals surface area contributed by atoms with Gasteiger partial charge in [0.25, 0.3) is 5.91 Å². The van der Waals surface area contributed by atoms with E-state index in [1.54, 1.807) is 0 Å². The summed E-state index contributed by atoms with van der Waals surface area (Å²) in [5.41, 5.74) is 3.09. The number of likely N-dealkylation sites (N-methyl/N-ethyl adjacent to an activating group) is 1. The summed E-state index contributed by atoms with van der Waals surface area (Å²) < 4.78 is 6.03. The number of anilines is 1. The van der Waals surface area contributed by atoms with Crippen molar-refractivity contribution in [3.63, 3.8) is 0 Å². The molecule has 0 aliphatic carbocycles. The molecular weight excluding hydrogens is 304 g/mol. The van der Waals surface area contributed by atoms with Crippen LogP contribution in [0.4, 0.5) is 5.69 Å². The van der Waals surface area contributed by atoms with Crippen LogP contribution in [0.15, 0.2) is 41.2 Å². The van der Waals surface area contributed by atoms with Crippen molar-refractivity contribution in [2.75, 3.05) is 18.9 Å². The second-order valence-corrected chi connectivity index (χ2v) is 6.30. The summed E-state index contributed by atoms with van der Waals surface area (Å²) in [6, 6.07) is 5.73. The van der Waals surface area contributed by atoms with Gasteiger partial charge in [0, 0.05) is 48.0 Å². The minimum Gasteiger partial charge on any atom is -0.460 e. The van der Waals surface area contributed by atoms with Crippen LogP contribution < -0.4 is 5.32 Å². The van der Waals surface area contributed by atoms with E-state index in [0.717, 1.165) is 35.5 Å². The number of nitrogens with zero attached hydrogens (tertiary/aromatic N) is 3. The number of hydrogen-bond acceptors (Lipinski definition) is 5. The molecule has 1 atom stereocenters. The molecule has 122 valence electrons. The van der Waals surface area contributed by atoms with Crippen LogP contribution in [0.2, 0.25) is 0 Å². The van der Waals surface area contributed by atoms with E-state index in [1.165, 1.54) is 24.2 Å². The maximum atomic E-state index is 12.2. The summed E-state index contributed by atoms with van der Waals surface area (Å²) in [4.78, 5) is 22.5. The van der Waals surface area contributed by atoms with Gasteiger partial charge in [0.1, 0.15) is 17.0 Å². The molecule has 0 saturated carbocycles. The largest absolute Gasteiger partial charge is 0.460 e. The van der Waals surface area contributed by atoms with Gasteiger partial charge in [0.15, 0.2) is 0 Å². The Hall–Kier alpha value is -2.73. The normalized spacial score (nSPS) is 17.7. The Labute approximate surface area is 139 Å². The van der Waals surface area contributed by atoms with Gasteiger partial charge in [-0.15, -0.1) is 0 Å². The number of furan rings is 1. The van der Waals surface area contributed by atoms with E-state index >= 15 is 0 Å². The van der Waals surface area contributed by atoms with Crippen LogP contribution in [0.3, 0.4) is 0 Å². The molecule has 1 aliphatic rings. The highest BCUT2D eigenvalue weighted by Crippen LogP contribution is 2.36. The summed E-state index contributed by atoms with van der Waals surface area (Å²) in [5.74, 6) is 1.15. The van der Waals surface area contributed by atoms with Gasteiger partial charge in [0.05, 0.1) is 6.20 Å². The van der Waals surface area contributed by atoms with E-state index < -0.39 is 0 Å². The zero-order valence-corrected chi connectivity index (χ0v) is 13.6. The number of benzene rings is 1. The first-order valence-electron chi connectivity index (χ1n) is 7.93. The Bertz CT molecular complexity index is 904. The minimum atomic E-state index is -0.273. The van der Waals surface area contributed by atoms with E-state index in [2.05, 4.69) is 34.2 Å². The van der Waals surface area contributed by atoms with Crippen LogP contribution in [-0.4, -0.2) is 34.4 Å². The Morgan fingerprint density at radius 3 is 3.04 bits per heavy atom. The first-order valence-corrected chi connectivity index (χ1v) is 7.93. The second-order valence-electron chi connectivity index (χ2n) is 6.30. The number of amides is 1. The van der Waals surface area contributed by atoms with Gasteiger partial charge < -0.3 is 14.6 Å². The molecule has 0 saturated heterocycles. The van der Waals surface area contributed by atoms with E-state index in [4.69, 9.17) is 4.42 Å². The number of carbonyl (C=O) groups excluding carboxylic acids is 1. The first-order chi connectivity index (χ1) is 11.6. The number of aromatic nitrogens is 2. The van der Waals surface area contributed by atoms with E-state index in [0.29, 0.717) is 11.6 Å². The van der Waals surface area contributed by atoms with Crippen molar-refractivity contribution in [3.05, 3.63) is 53.8 Å². The molecule has 1 unspecified atom stereocenters. The lowest BCUT2D eigenvalue weighted by Crippen LogP contribution is -2.28. The molecule has 6 nitrogen and oxygen atoms in total. The van der Waals surface area contributed by atoms with Crippen molar-refractivity contribution in [3.8, 4) is 0 Å². The SMILES string of the molecule is CC1CN(C)Cc2c1oc1ccc(NC(=O)c3cnccn3)cc21. The number of carbonyl (C=O) groups is 1. The standard InChI is InChI=1S/C18H18N4O2/c1-11-9-22(2)10-14-13-7-12(3-4-16(13)24-17(11)14)21-18(23)15-8-19-5-6-20-15/h3-8,11H,9-10H2,1-2H3,(H,21,23). The number of nitrogens with one attached hydrogen (secondary N) is 1. The Morgan fingerprint density at radius 1 is 1.38 bits per heavy atom. The van der Waals surface area contributed by atoms with Crippen LogP contribution in [-0.2, 0) is 6.54 Å². The number of rotatable bonds is 2. The molecule has 3 heterocycles. The van der Waals surface area contributed by atoms with E-state index in [9.17, 15) is 4.79 Å². The quantitative estimate of drug-likeness (QED) is 0.785. The van der Waals surface area contributed by atoms with Crippen LogP contribution in [0.25, 0.3) is 11.0 Å². The fourth-order valence-electron chi connectivity index (χ4n) is 3.30. The maximum Gasteiger partial charge on any atom is 0.275 e.